The second kappa shape index (κ2) is 10.3. The second-order valence-corrected chi connectivity index (χ2v) is 10.5. The lowest BCUT2D eigenvalue weighted by Crippen LogP contribution is -2.09. The first kappa shape index (κ1) is 24.4. The Morgan fingerprint density at radius 3 is 2.36 bits per heavy atom. The molecular formula is C23H10Br2Cl2INO4. The molecule has 166 valence electrons. The topological polar surface area (TPSA) is 65.0 Å². The molecule has 0 N–H and O–H groups in total. The van der Waals surface area contributed by atoms with E-state index in [1.54, 1.807) is 54.6 Å². The van der Waals surface area contributed by atoms with Crippen molar-refractivity contribution in [2.24, 2.45) is 4.99 Å². The Morgan fingerprint density at radius 2 is 1.70 bits per heavy atom. The molecule has 0 aliphatic carbocycles. The van der Waals surface area contributed by atoms with Crippen molar-refractivity contribution in [3.05, 3.63) is 99.5 Å². The Bertz CT molecular complexity index is 1330. The van der Waals surface area contributed by atoms with Crippen molar-refractivity contribution in [1.82, 2.24) is 0 Å². The van der Waals surface area contributed by atoms with Gasteiger partial charge >= 0.3 is 11.9 Å². The van der Waals surface area contributed by atoms with Gasteiger partial charge in [-0.25, -0.2) is 14.6 Å². The largest absolute Gasteiger partial charge is 0.421 e. The Kier molecular flexibility index (Phi) is 7.59. The zero-order chi connectivity index (χ0) is 23.7. The van der Waals surface area contributed by atoms with Crippen LogP contribution in [0.5, 0.6) is 5.75 Å². The standard InChI is InChI=1S/C23H10Br2Cl2INO4/c24-16-7-11(8-17(25)20(16)32-22(30)12-1-3-13(26)4-2-12)9-19-23(31)33-21(29-19)15-10-14(28)5-6-18(15)27/h1-10H/b19-9-. The number of hydrogen-bond donors (Lipinski definition) is 0. The molecule has 1 aliphatic heterocycles. The van der Waals surface area contributed by atoms with Crippen molar-refractivity contribution in [2.75, 3.05) is 0 Å². The molecule has 0 fully saturated rings. The maximum atomic E-state index is 12.4. The van der Waals surface area contributed by atoms with E-state index in [0.29, 0.717) is 41.4 Å². The van der Waals surface area contributed by atoms with Gasteiger partial charge < -0.3 is 9.47 Å². The zero-order valence-corrected chi connectivity index (χ0v) is 23.1. The number of halogens is 5. The molecule has 0 saturated heterocycles. The predicted molar refractivity (Wildman–Crippen MR) is 143 cm³/mol. The van der Waals surface area contributed by atoms with Crippen LogP contribution in [0.1, 0.15) is 21.5 Å². The highest BCUT2D eigenvalue weighted by molar-refractivity contribution is 14.1. The summed E-state index contributed by atoms with van der Waals surface area (Å²) in [5.74, 6) is -0.699. The number of cyclic esters (lactones) is 1. The molecule has 0 amide bonds. The van der Waals surface area contributed by atoms with Gasteiger partial charge in [0, 0.05) is 8.59 Å². The molecule has 0 saturated carbocycles. The molecule has 0 aromatic heterocycles. The highest BCUT2D eigenvalue weighted by Crippen LogP contribution is 2.36. The molecule has 0 unspecified atom stereocenters. The van der Waals surface area contributed by atoms with Gasteiger partial charge in [-0.05, 0) is 121 Å². The quantitative estimate of drug-likeness (QED) is 0.120. The van der Waals surface area contributed by atoms with Gasteiger partial charge in [0.2, 0.25) is 5.90 Å². The predicted octanol–water partition coefficient (Wildman–Crippen LogP) is 7.69. The number of rotatable bonds is 4. The van der Waals surface area contributed by atoms with Crippen LogP contribution in [-0.4, -0.2) is 17.8 Å². The van der Waals surface area contributed by atoms with E-state index in [-0.39, 0.29) is 11.6 Å². The van der Waals surface area contributed by atoms with Crippen LogP contribution in [0, 0.1) is 3.57 Å². The van der Waals surface area contributed by atoms with E-state index < -0.39 is 11.9 Å². The summed E-state index contributed by atoms with van der Waals surface area (Å²) in [4.78, 5) is 29.1. The maximum absolute atomic E-state index is 12.4. The molecule has 3 aromatic rings. The highest BCUT2D eigenvalue weighted by Gasteiger charge is 2.26. The third kappa shape index (κ3) is 5.68. The summed E-state index contributed by atoms with van der Waals surface area (Å²) in [5, 5.41) is 0.951. The molecule has 0 spiro atoms. The minimum atomic E-state index is -0.592. The maximum Gasteiger partial charge on any atom is 0.363 e. The second-order valence-electron chi connectivity index (χ2n) is 6.67. The van der Waals surface area contributed by atoms with Crippen molar-refractivity contribution < 1.29 is 19.1 Å². The lowest BCUT2D eigenvalue weighted by atomic mass is 10.2. The summed E-state index contributed by atoms with van der Waals surface area (Å²) in [6.07, 6.45) is 1.57. The number of carbonyl (C=O) groups excluding carboxylic acids is 2. The first-order valence-electron chi connectivity index (χ1n) is 9.16. The zero-order valence-electron chi connectivity index (χ0n) is 16.2. The minimum absolute atomic E-state index is 0.115. The van der Waals surface area contributed by atoms with Gasteiger partial charge in [-0.15, -0.1) is 0 Å². The molecule has 4 rings (SSSR count). The fourth-order valence-corrected chi connectivity index (χ4v) is 5.04. The van der Waals surface area contributed by atoms with E-state index in [9.17, 15) is 9.59 Å². The van der Waals surface area contributed by atoms with Crippen molar-refractivity contribution in [3.63, 3.8) is 0 Å². The van der Waals surface area contributed by atoms with Crippen LogP contribution in [0.25, 0.3) is 6.08 Å². The summed E-state index contributed by atoms with van der Waals surface area (Å²) in [6, 6.07) is 15.1. The van der Waals surface area contributed by atoms with E-state index in [1.807, 2.05) is 6.07 Å². The third-order valence-electron chi connectivity index (χ3n) is 4.38. The van der Waals surface area contributed by atoms with Gasteiger partial charge in [-0.3, -0.25) is 0 Å². The molecule has 5 nitrogen and oxygen atoms in total. The minimum Gasteiger partial charge on any atom is -0.421 e. The van der Waals surface area contributed by atoms with Crippen molar-refractivity contribution in [2.45, 2.75) is 0 Å². The smallest absolute Gasteiger partial charge is 0.363 e. The first-order chi connectivity index (χ1) is 15.7. The Hall–Kier alpha value is -1.72. The molecule has 1 aliphatic rings. The number of nitrogens with zero attached hydrogens (tertiary/aromatic N) is 1. The summed E-state index contributed by atoms with van der Waals surface area (Å²) in [5.41, 5.74) is 1.64. The van der Waals surface area contributed by atoms with Gasteiger partial charge in [0.05, 0.1) is 25.1 Å². The molecule has 33 heavy (non-hydrogen) atoms. The van der Waals surface area contributed by atoms with E-state index in [0.717, 1.165) is 3.57 Å². The van der Waals surface area contributed by atoms with Gasteiger partial charge in [0.15, 0.2) is 11.4 Å². The molecule has 1 heterocycles. The van der Waals surface area contributed by atoms with Crippen LogP contribution in [0.4, 0.5) is 0 Å². The highest BCUT2D eigenvalue weighted by atomic mass is 127. The summed E-state index contributed by atoms with van der Waals surface area (Å²) < 4.78 is 12.8. The average molecular weight is 722 g/mol. The normalized spacial score (nSPS) is 14.3. The summed E-state index contributed by atoms with van der Waals surface area (Å²) >= 11 is 21.1. The average Bonchev–Trinajstić information content (AvgIpc) is 3.12. The molecule has 0 radical (unpaired) electrons. The fourth-order valence-electron chi connectivity index (χ4n) is 2.84. The van der Waals surface area contributed by atoms with Crippen molar-refractivity contribution in [3.8, 4) is 5.75 Å². The van der Waals surface area contributed by atoms with Crippen molar-refractivity contribution in [1.29, 1.82) is 0 Å². The van der Waals surface area contributed by atoms with Crippen LogP contribution >= 0.6 is 77.7 Å². The summed E-state index contributed by atoms with van der Waals surface area (Å²) in [7, 11) is 0. The molecular weight excluding hydrogens is 712 g/mol. The van der Waals surface area contributed by atoms with Gasteiger partial charge in [-0.2, -0.15) is 0 Å². The first-order valence-corrected chi connectivity index (χ1v) is 12.6. The van der Waals surface area contributed by atoms with Crippen LogP contribution < -0.4 is 4.74 Å². The van der Waals surface area contributed by atoms with Crippen LogP contribution in [-0.2, 0) is 9.53 Å². The lowest BCUT2D eigenvalue weighted by molar-refractivity contribution is -0.129. The SMILES string of the molecule is O=C1OC(c2cc(I)ccc2Cl)=N/C1=C\c1cc(Br)c(OC(=O)c2ccc(Cl)cc2)c(Br)c1. The Balaban J connectivity index is 1.60. The third-order valence-corrected chi connectivity index (χ3v) is 6.81. The molecule has 3 aromatic carbocycles. The molecule has 0 bridgehead atoms. The van der Waals surface area contributed by atoms with Crippen LogP contribution in [0.3, 0.4) is 0 Å². The van der Waals surface area contributed by atoms with E-state index in [4.69, 9.17) is 32.7 Å². The number of aliphatic imine (C=N–C) groups is 1. The number of carbonyl (C=O) groups is 2. The fraction of sp³-hybridized carbons (Fsp3) is 0. The summed E-state index contributed by atoms with van der Waals surface area (Å²) in [6.45, 7) is 0. The van der Waals surface area contributed by atoms with Crippen molar-refractivity contribution >= 4 is 102 Å². The van der Waals surface area contributed by atoms with E-state index in [2.05, 4.69) is 59.4 Å². The number of hydrogen-bond acceptors (Lipinski definition) is 5. The van der Waals surface area contributed by atoms with E-state index in [1.165, 1.54) is 0 Å². The molecule has 0 atom stereocenters. The van der Waals surface area contributed by atoms with Gasteiger partial charge in [-0.1, -0.05) is 23.2 Å². The Labute approximate surface area is 229 Å². The van der Waals surface area contributed by atoms with E-state index >= 15 is 0 Å². The lowest BCUT2D eigenvalue weighted by Gasteiger charge is -2.10. The Morgan fingerprint density at radius 1 is 1.03 bits per heavy atom. The monoisotopic (exact) mass is 719 g/mol. The number of ether oxygens (including phenoxy) is 2. The van der Waals surface area contributed by atoms with Gasteiger partial charge in [0.25, 0.3) is 0 Å². The number of benzene rings is 3. The molecule has 10 heteroatoms. The van der Waals surface area contributed by atoms with Crippen LogP contribution in [0.2, 0.25) is 10.0 Å². The van der Waals surface area contributed by atoms with Gasteiger partial charge in [0.1, 0.15) is 0 Å². The number of esters is 2. The van der Waals surface area contributed by atoms with Crippen LogP contribution in [0.15, 0.2) is 74.2 Å².